The van der Waals surface area contributed by atoms with Crippen LogP contribution in [0.2, 0.25) is 0 Å². The molecular weight excluding hydrogens is 552 g/mol. The lowest BCUT2D eigenvalue weighted by Crippen LogP contribution is -2.42. The molecule has 8 heteroatoms. The number of alkyl halides is 1. The van der Waals surface area contributed by atoms with Crippen molar-refractivity contribution in [2.75, 3.05) is 35.4 Å². The fraction of sp³-hybridized carbons (Fsp3) is 0.517. The van der Waals surface area contributed by atoms with Gasteiger partial charge in [-0.3, -0.25) is 4.79 Å². The van der Waals surface area contributed by atoms with Gasteiger partial charge in [-0.05, 0) is 73.6 Å². The summed E-state index contributed by atoms with van der Waals surface area (Å²) < 4.78 is 27.5. The summed E-state index contributed by atoms with van der Waals surface area (Å²) in [7, 11) is 0.163. The molecule has 0 spiro atoms. The van der Waals surface area contributed by atoms with E-state index in [0.29, 0.717) is 36.9 Å². The SMILES string of the molecule is [CH2+]CCCC1(CC)CS(=O)(=O)c2ccc(N(C)C)cc2[C@@H](c2cccc(NC(=O)CCCCBr)c2)[C@H]1O. The molecule has 3 atom stereocenters. The fourth-order valence-corrected chi connectivity index (χ4v) is 8.01. The highest BCUT2D eigenvalue weighted by molar-refractivity contribution is 9.09. The number of anilines is 2. The van der Waals surface area contributed by atoms with E-state index in [1.165, 1.54) is 0 Å². The van der Waals surface area contributed by atoms with E-state index in [-0.39, 0.29) is 16.6 Å². The first-order chi connectivity index (χ1) is 17.6. The van der Waals surface area contributed by atoms with Gasteiger partial charge in [-0.15, -0.1) is 0 Å². The molecule has 0 fully saturated rings. The largest absolute Gasteiger partial charge is 0.392 e. The molecule has 0 bridgehead atoms. The Balaban J connectivity index is 2.16. The van der Waals surface area contributed by atoms with Gasteiger partial charge in [0.25, 0.3) is 0 Å². The van der Waals surface area contributed by atoms with Crippen LogP contribution in [0, 0.1) is 12.3 Å². The Bertz CT molecular complexity index is 1180. The molecule has 0 saturated carbocycles. The van der Waals surface area contributed by atoms with Crippen molar-refractivity contribution < 1.29 is 18.3 Å². The van der Waals surface area contributed by atoms with Crippen molar-refractivity contribution in [3.63, 3.8) is 0 Å². The number of sulfone groups is 1. The number of rotatable bonds is 11. The van der Waals surface area contributed by atoms with Gasteiger partial charge in [-0.25, -0.2) is 8.42 Å². The highest BCUT2D eigenvalue weighted by Gasteiger charge is 2.49. The molecule has 2 aromatic rings. The summed E-state index contributed by atoms with van der Waals surface area (Å²) in [4.78, 5) is 14.7. The monoisotopic (exact) mass is 591 g/mol. The number of aliphatic hydroxyl groups is 1. The van der Waals surface area contributed by atoms with Crippen molar-refractivity contribution in [2.45, 2.75) is 68.8 Å². The number of carbonyl (C=O) groups is 1. The van der Waals surface area contributed by atoms with Crippen molar-refractivity contribution in [3.8, 4) is 0 Å². The number of halogens is 1. The van der Waals surface area contributed by atoms with Gasteiger partial charge in [0.2, 0.25) is 5.91 Å². The van der Waals surface area contributed by atoms with Gasteiger partial charge in [-0.2, -0.15) is 0 Å². The van der Waals surface area contributed by atoms with Gasteiger partial charge >= 0.3 is 0 Å². The number of carbonyl (C=O) groups excluding carboxylic acids is 1. The summed E-state index contributed by atoms with van der Waals surface area (Å²) in [5, 5.41) is 15.9. The zero-order valence-electron chi connectivity index (χ0n) is 22.2. The Labute approximate surface area is 230 Å². The smallest absolute Gasteiger partial charge is 0.224 e. The second-order valence-electron chi connectivity index (χ2n) is 10.3. The summed E-state index contributed by atoms with van der Waals surface area (Å²) in [6.45, 7) is 5.92. The highest BCUT2D eigenvalue weighted by atomic mass is 79.9. The number of unbranched alkanes of at least 4 members (excludes halogenated alkanes) is 2. The van der Waals surface area contributed by atoms with Crippen molar-refractivity contribution in [1.82, 2.24) is 0 Å². The molecule has 0 radical (unpaired) electrons. The molecule has 2 N–H and O–H groups in total. The van der Waals surface area contributed by atoms with Gasteiger partial charge in [0, 0.05) is 48.6 Å². The molecule has 2 aromatic carbocycles. The maximum Gasteiger partial charge on any atom is 0.224 e. The number of nitrogens with zero attached hydrogens (tertiary/aromatic N) is 1. The van der Waals surface area contributed by atoms with Crippen molar-refractivity contribution in [3.05, 3.63) is 60.5 Å². The van der Waals surface area contributed by atoms with E-state index in [2.05, 4.69) is 28.2 Å². The number of benzene rings is 2. The van der Waals surface area contributed by atoms with E-state index >= 15 is 0 Å². The minimum atomic E-state index is -3.66. The first-order valence-electron chi connectivity index (χ1n) is 13.1. The summed E-state index contributed by atoms with van der Waals surface area (Å²) in [5.74, 6) is -0.732. The quantitative estimate of drug-likeness (QED) is 0.192. The van der Waals surface area contributed by atoms with Crippen LogP contribution in [0.1, 0.15) is 68.9 Å². The Morgan fingerprint density at radius 2 is 1.95 bits per heavy atom. The third-order valence-electron chi connectivity index (χ3n) is 7.55. The number of nitrogens with one attached hydrogen (secondary N) is 1. The molecule has 1 heterocycles. The first-order valence-corrected chi connectivity index (χ1v) is 15.8. The Morgan fingerprint density at radius 3 is 2.59 bits per heavy atom. The predicted octanol–water partition coefficient (Wildman–Crippen LogP) is 5.94. The molecule has 1 unspecified atom stereocenters. The van der Waals surface area contributed by atoms with Crippen LogP contribution >= 0.6 is 15.9 Å². The number of fused-ring (bicyclic) bond motifs is 1. The second-order valence-corrected chi connectivity index (χ2v) is 13.0. The third kappa shape index (κ3) is 6.70. The van der Waals surface area contributed by atoms with E-state index in [0.717, 1.165) is 35.8 Å². The maximum absolute atomic E-state index is 13.8. The molecule has 202 valence electrons. The van der Waals surface area contributed by atoms with E-state index in [1.807, 2.05) is 62.3 Å². The van der Waals surface area contributed by atoms with Gasteiger partial charge in [-0.1, -0.05) is 35.0 Å². The van der Waals surface area contributed by atoms with Crippen LogP contribution in [0.3, 0.4) is 0 Å². The zero-order valence-corrected chi connectivity index (χ0v) is 24.6. The molecule has 1 aliphatic heterocycles. The average Bonchev–Trinajstić information content (AvgIpc) is 2.93. The summed E-state index contributed by atoms with van der Waals surface area (Å²) in [6.07, 6.45) is 3.73. The molecular formula is C29H40BrN2O4S+. The summed E-state index contributed by atoms with van der Waals surface area (Å²) >= 11 is 3.39. The number of amides is 1. The molecule has 1 amide bonds. The van der Waals surface area contributed by atoms with E-state index in [9.17, 15) is 18.3 Å². The van der Waals surface area contributed by atoms with Gasteiger partial charge < -0.3 is 15.3 Å². The molecule has 3 rings (SSSR count). The third-order valence-corrected chi connectivity index (χ3v) is 10.1. The highest BCUT2D eigenvalue weighted by Crippen LogP contribution is 2.49. The molecule has 0 aliphatic carbocycles. The predicted molar refractivity (Wildman–Crippen MR) is 155 cm³/mol. The lowest BCUT2D eigenvalue weighted by atomic mass is 9.69. The van der Waals surface area contributed by atoms with Crippen molar-refractivity contribution in [2.24, 2.45) is 5.41 Å². The standard InChI is InChI=1S/C29H39BrN2O4S/c1-5-7-16-29(6-2)20-37(35,36)25-15-14-23(32(3)4)19-24(25)27(28(29)34)21-11-10-12-22(18-21)31-26(33)13-8-9-17-30/h10-12,14-15,18-19,27-28,34H,1,5-9,13,16-17,20H2,2-4H3/p+1/t27-,28-,29?/m1/s1. The average molecular weight is 593 g/mol. The summed E-state index contributed by atoms with van der Waals surface area (Å²) in [5.41, 5.74) is 2.08. The van der Waals surface area contributed by atoms with Crippen molar-refractivity contribution >= 4 is 43.0 Å². The molecule has 37 heavy (non-hydrogen) atoms. The van der Waals surface area contributed by atoms with Crippen LogP contribution in [0.25, 0.3) is 0 Å². The minimum absolute atomic E-state index is 0.0595. The van der Waals surface area contributed by atoms with Crippen LogP contribution in [0.5, 0.6) is 0 Å². The van der Waals surface area contributed by atoms with Gasteiger partial charge in [0.05, 0.1) is 30.1 Å². The van der Waals surface area contributed by atoms with E-state index in [1.54, 1.807) is 6.07 Å². The lowest BCUT2D eigenvalue weighted by molar-refractivity contribution is -0.116. The zero-order chi connectivity index (χ0) is 27.2. The van der Waals surface area contributed by atoms with Crippen LogP contribution < -0.4 is 10.2 Å². The Morgan fingerprint density at radius 1 is 1.19 bits per heavy atom. The first kappa shape index (κ1) is 29.5. The van der Waals surface area contributed by atoms with E-state index in [4.69, 9.17) is 0 Å². The van der Waals surface area contributed by atoms with Gasteiger partial charge in [0.15, 0.2) is 9.84 Å². The van der Waals surface area contributed by atoms with E-state index < -0.39 is 27.3 Å². The number of hydrogen-bond acceptors (Lipinski definition) is 5. The fourth-order valence-electron chi connectivity index (χ4n) is 5.37. The molecule has 0 aromatic heterocycles. The normalized spacial score (nSPS) is 22.6. The topological polar surface area (TPSA) is 86.7 Å². The molecule has 0 saturated heterocycles. The molecule has 6 nitrogen and oxygen atoms in total. The lowest BCUT2D eigenvalue weighted by Gasteiger charge is -2.39. The van der Waals surface area contributed by atoms with Crippen LogP contribution in [-0.4, -0.2) is 50.7 Å². The Kier molecular flexibility index (Phi) is 10.1. The number of aliphatic hydroxyl groups excluding tert-OH is 1. The maximum atomic E-state index is 13.8. The second kappa shape index (κ2) is 12.7. The van der Waals surface area contributed by atoms with Crippen LogP contribution in [-0.2, 0) is 14.6 Å². The number of hydrogen-bond donors (Lipinski definition) is 2. The summed E-state index contributed by atoms with van der Waals surface area (Å²) in [6, 6.07) is 12.9. The van der Waals surface area contributed by atoms with Crippen molar-refractivity contribution in [1.29, 1.82) is 0 Å². The Hall–Kier alpha value is -2.03. The molecule has 1 aliphatic rings. The van der Waals surface area contributed by atoms with Crippen LogP contribution in [0.4, 0.5) is 11.4 Å². The minimum Gasteiger partial charge on any atom is -0.392 e. The van der Waals surface area contributed by atoms with Gasteiger partial charge in [0.1, 0.15) is 0 Å². The van der Waals surface area contributed by atoms with Crippen LogP contribution in [0.15, 0.2) is 47.4 Å².